The minimum Gasteiger partial charge on any atom is -0.497 e. The molecule has 5 atom stereocenters. The molecule has 0 aliphatic carbocycles. The van der Waals surface area contributed by atoms with Crippen LogP contribution in [0.25, 0.3) is 0 Å². The minimum absolute atomic E-state index is 0.0222. The molecule has 0 spiro atoms. The second-order valence-electron chi connectivity index (χ2n) is 17.4. The molecule has 4 aromatic rings. The van der Waals surface area contributed by atoms with Crippen LogP contribution in [0.4, 0.5) is 5.82 Å². The molecule has 3 aromatic carbocycles. The molecule has 1 N–H and O–H groups in total. The SMILES string of the molecule is C=CCOP(O[C@H]1[C@@H](O[Si](C)(C)C(C)(C)C)[C@H](n2ccc(NC(C)=O)nc2=O)O[C@@H]1COC(c1ccccc1)(c1ccc(OC)cc1)c1ccc(OC)cc1)N(C(C)C)C(C)C. The topological polar surface area (TPSA) is 132 Å². The third-order valence-corrected chi connectivity index (χ3v) is 17.9. The standard InChI is InChI=1S/C47H65N4O9PSi/c1-14-30-57-61(51(32(2)3)33(4)5)59-42-40(58-44(43(42)60-62(12,13)46(7,8)9)50-29-28-41(48-34(6)52)49-45(50)53)31-56-47(35-18-16-15-17-19-35,36-20-24-38(54-10)25-21-36)37-22-26-39(55-11)27-23-37/h14-29,32-33,40,42-44H,1,30-31H2,2-13H3,(H,48,49,52,53)/t40-,42-,43-,44-,61?/m1/s1. The summed E-state index contributed by atoms with van der Waals surface area (Å²) in [5, 5.41) is 2.38. The summed E-state index contributed by atoms with van der Waals surface area (Å²) in [5.41, 5.74) is 0.731. The van der Waals surface area contributed by atoms with Crippen molar-refractivity contribution >= 4 is 28.6 Å². The number of amides is 1. The van der Waals surface area contributed by atoms with Crippen molar-refractivity contribution in [3.8, 4) is 11.5 Å². The molecule has 0 bridgehead atoms. The highest BCUT2D eigenvalue weighted by molar-refractivity contribution is 7.44. The van der Waals surface area contributed by atoms with Crippen LogP contribution < -0.4 is 20.5 Å². The fourth-order valence-corrected chi connectivity index (χ4v) is 10.4. The van der Waals surface area contributed by atoms with Gasteiger partial charge < -0.3 is 37.7 Å². The Bertz CT molecular complexity index is 2070. The predicted molar refractivity (Wildman–Crippen MR) is 247 cm³/mol. The average Bonchev–Trinajstić information content (AvgIpc) is 3.54. The number of ether oxygens (including phenoxy) is 4. The lowest BCUT2D eigenvalue weighted by Crippen LogP contribution is -2.50. The zero-order valence-corrected chi connectivity index (χ0v) is 40.2. The first kappa shape index (κ1) is 48.8. The van der Waals surface area contributed by atoms with Gasteiger partial charge in [-0.25, -0.2) is 9.46 Å². The van der Waals surface area contributed by atoms with Gasteiger partial charge in [0, 0.05) is 25.2 Å². The number of anilines is 1. The second-order valence-corrected chi connectivity index (χ2v) is 23.5. The summed E-state index contributed by atoms with van der Waals surface area (Å²) >= 11 is 0. The molecule has 0 saturated carbocycles. The molecule has 13 nitrogen and oxygen atoms in total. The van der Waals surface area contributed by atoms with Crippen LogP contribution in [0, 0.1) is 0 Å². The van der Waals surface area contributed by atoms with E-state index >= 15 is 0 Å². The van der Waals surface area contributed by atoms with Gasteiger partial charge in [0.2, 0.25) is 5.91 Å². The summed E-state index contributed by atoms with van der Waals surface area (Å²) in [6.45, 7) is 24.7. The molecule has 1 amide bonds. The first-order valence-corrected chi connectivity index (χ1v) is 25.1. The fraction of sp³-hybridized carbons (Fsp3) is 0.468. The van der Waals surface area contributed by atoms with Crippen LogP contribution in [0.2, 0.25) is 18.1 Å². The van der Waals surface area contributed by atoms with Gasteiger partial charge in [-0.2, -0.15) is 4.98 Å². The number of aromatic nitrogens is 2. The Hall–Kier alpha value is -4.24. The highest BCUT2D eigenvalue weighted by atomic mass is 31.2. The maximum absolute atomic E-state index is 14.0. The third-order valence-electron chi connectivity index (χ3n) is 11.3. The van der Waals surface area contributed by atoms with Crippen LogP contribution in [-0.4, -0.2) is 86.3 Å². The number of nitrogens with zero attached hydrogens (tertiary/aromatic N) is 3. The Morgan fingerprint density at radius 3 is 1.92 bits per heavy atom. The summed E-state index contributed by atoms with van der Waals surface area (Å²) in [7, 11) is -1.11. The van der Waals surface area contributed by atoms with Crippen molar-refractivity contribution in [1.29, 1.82) is 0 Å². The predicted octanol–water partition coefficient (Wildman–Crippen LogP) is 9.45. The van der Waals surface area contributed by atoms with Gasteiger partial charge in [-0.15, -0.1) is 6.58 Å². The van der Waals surface area contributed by atoms with Crippen LogP contribution >= 0.6 is 8.53 Å². The quantitative estimate of drug-likeness (QED) is 0.0394. The number of carbonyl (C=O) groups is 1. The smallest absolute Gasteiger partial charge is 0.351 e. The summed E-state index contributed by atoms with van der Waals surface area (Å²) < 4.78 is 50.4. The normalized spacial score (nSPS) is 18.9. The molecular formula is C47H65N4O9PSi. The van der Waals surface area contributed by atoms with Gasteiger partial charge >= 0.3 is 5.69 Å². The van der Waals surface area contributed by atoms with Crippen molar-refractivity contribution in [2.75, 3.05) is 32.8 Å². The number of nitrogens with one attached hydrogen (secondary N) is 1. The fourth-order valence-electron chi connectivity index (χ4n) is 7.32. The molecule has 1 aliphatic heterocycles. The van der Waals surface area contributed by atoms with E-state index in [1.54, 1.807) is 32.6 Å². The van der Waals surface area contributed by atoms with Crippen LogP contribution in [0.1, 0.15) is 78.3 Å². The number of hydrogen-bond donors (Lipinski definition) is 1. The molecule has 336 valence electrons. The molecule has 1 unspecified atom stereocenters. The van der Waals surface area contributed by atoms with Gasteiger partial charge in [-0.05, 0) is 92.8 Å². The first-order valence-electron chi connectivity index (χ1n) is 21.0. The summed E-state index contributed by atoms with van der Waals surface area (Å²) in [6.07, 6.45) is -0.216. The molecule has 1 fully saturated rings. The van der Waals surface area contributed by atoms with Gasteiger partial charge in [0.25, 0.3) is 8.53 Å². The van der Waals surface area contributed by atoms with Gasteiger partial charge in [0.1, 0.15) is 41.2 Å². The van der Waals surface area contributed by atoms with Crippen molar-refractivity contribution in [3.63, 3.8) is 0 Å². The van der Waals surface area contributed by atoms with Crippen molar-refractivity contribution in [2.24, 2.45) is 0 Å². The number of hydrogen-bond acceptors (Lipinski definition) is 11. The van der Waals surface area contributed by atoms with Crippen LogP contribution in [0.5, 0.6) is 11.5 Å². The average molecular weight is 889 g/mol. The Balaban J connectivity index is 1.74. The largest absolute Gasteiger partial charge is 0.497 e. The van der Waals surface area contributed by atoms with Crippen LogP contribution in [0.3, 0.4) is 0 Å². The zero-order chi connectivity index (χ0) is 45.4. The van der Waals surface area contributed by atoms with E-state index in [9.17, 15) is 9.59 Å². The van der Waals surface area contributed by atoms with Crippen molar-refractivity contribution in [2.45, 2.75) is 116 Å². The molecule has 1 aromatic heterocycles. The van der Waals surface area contributed by atoms with Gasteiger partial charge in [0.05, 0.1) is 27.4 Å². The van der Waals surface area contributed by atoms with Crippen LogP contribution in [-0.2, 0) is 33.3 Å². The third kappa shape index (κ3) is 11.1. The molecule has 5 rings (SSSR count). The van der Waals surface area contributed by atoms with Crippen molar-refractivity contribution in [3.05, 3.63) is 131 Å². The van der Waals surface area contributed by atoms with E-state index in [4.69, 9.17) is 32.4 Å². The molecule has 1 saturated heterocycles. The maximum atomic E-state index is 14.0. The number of carbonyl (C=O) groups excluding carboxylic acids is 1. The number of methoxy groups -OCH3 is 2. The lowest BCUT2D eigenvalue weighted by molar-refractivity contribution is -0.114. The van der Waals surface area contributed by atoms with E-state index in [0.717, 1.165) is 16.7 Å². The molecule has 15 heteroatoms. The number of benzene rings is 3. The molecular weight excluding hydrogens is 824 g/mol. The van der Waals surface area contributed by atoms with Crippen LogP contribution in [0.15, 0.2) is 109 Å². The lowest BCUT2D eigenvalue weighted by Gasteiger charge is -2.42. The molecule has 2 heterocycles. The maximum Gasteiger partial charge on any atom is 0.351 e. The first-order chi connectivity index (χ1) is 29.4. The van der Waals surface area contributed by atoms with E-state index in [2.05, 4.69) is 83.1 Å². The zero-order valence-electron chi connectivity index (χ0n) is 38.3. The summed E-state index contributed by atoms with van der Waals surface area (Å²) in [5.74, 6) is 1.18. The summed E-state index contributed by atoms with van der Waals surface area (Å²) in [4.78, 5) is 30.2. The van der Waals surface area contributed by atoms with Gasteiger partial charge in [-0.3, -0.25) is 9.36 Å². The molecule has 62 heavy (non-hydrogen) atoms. The number of rotatable bonds is 20. The highest BCUT2D eigenvalue weighted by Gasteiger charge is 2.54. The Labute approximate surface area is 369 Å². The van der Waals surface area contributed by atoms with E-state index in [0.29, 0.717) is 11.5 Å². The Kier molecular flexibility index (Phi) is 16.5. The van der Waals surface area contributed by atoms with Crippen molar-refractivity contribution in [1.82, 2.24) is 14.2 Å². The van der Waals surface area contributed by atoms with E-state index in [1.807, 2.05) is 78.9 Å². The molecule has 0 radical (unpaired) electrons. The van der Waals surface area contributed by atoms with Crippen molar-refractivity contribution < 1.29 is 37.2 Å². The minimum atomic E-state index is -2.63. The Morgan fingerprint density at radius 1 is 0.903 bits per heavy atom. The van der Waals surface area contributed by atoms with Gasteiger partial charge in [-0.1, -0.05) is 81.4 Å². The van der Waals surface area contributed by atoms with Gasteiger partial charge in [0.15, 0.2) is 14.5 Å². The molecule has 1 aliphatic rings. The second kappa shape index (κ2) is 21.0. The summed E-state index contributed by atoms with van der Waals surface area (Å²) in [6, 6.07) is 27.3. The lowest BCUT2D eigenvalue weighted by atomic mass is 9.80. The monoisotopic (exact) mass is 888 g/mol. The van der Waals surface area contributed by atoms with E-state index < -0.39 is 52.7 Å². The van der Waals surface area contributed by atoms with E-state index in [-0.39, 0.29) is 42.1 Å². The van der Waals surface area contributed by atoms with E-state index in [1.165, 1.54) is 11.5 Å². The Morgan fingerprint density at radius 2 is 1.45 bits per heavy atom. The highest BCUT2D eigenvalue weighted by Crippen LogP contribution is 2.52.